The van der Waals surface area contributed by atoms with E-state index in [1.807, 2.05) is 42.5 Å². The van der Waals surface area contributed by atoms with Gasteiger partial charge in [0.2, 0.25) is 0 Å². The van der Waals surface area contributed by atoms with Gasteiger partial charge in [-0.3, -0.25) is 14.5 Å². The number of ether oxygens (including phenoxy) is 1. The Hall–Kier alpha value is -2.62. The standard InChI is InChI=1S/C16H13NO3/c18-15-8-9-16(19)17(15)10-11-20-14-7-3-5-12-4-1-2-6-13(12)14/h1-9H,10-11H2. The van der Waals surface area contributed by atoms with Crippen LogP contribution in [-0.2, 0) is 9.59 Å². The first-order valence-electron chi connectivity index (χ1n) is 6.40. The van der Waals surface area contributed by atoms with Gasteiger partial charge in [0, 0.05) is 17.5 Å². The van der Waals surface area contributed by atoms with Gasteiger partial charge in [-0.15, -0.1) is 0 Å². The monoisotopic (exact) mass is 267 g/mol. The van der Waals surface area contributed by atoms with Gasteiger partial charge in [0.25, 0.3) is 11.8 Å². The van der Waals surface area contributed by atoms with Gasteiger partial charge in [-0.1, -0.05) is 36.4 Å². The highest BCUT2D eigenvalue weighted by Gasteiger charge is 2.22. The zero-order chi connectivity index (χ0) is 13.9. The van der Waals surface area contributed by atoms with E-state index in [-0.39, 0.29) is 25.0 Å². The van der Waals surface area contributed by atoms with Gasteiger partial charge in [0.15, 0.2) is 0 Å². The summed E-state index contributed by atoms with van der Waals surface area (Å²) in [6, 6.07) is 13.7. The Morgan fingerprint density at radius 1 is 0.900 bits per heavy atom. The Kier molecular flexibility index (Phi) is 3.21. The van der Waals surface area contributed by atoms with Crippen molar-refractivity contribution >= 4 is 22.6 Å². The number of nitrogens with zero attached hydrogens (tertiary/aromatic N) is 1. The molecule has 0 fully saturated rings. The molecule has 0 bridgehead atoms. The van der Waals surface area contributed by atoms with E-state index in [9.17, 15) is 9.59 Å². The first-order chi connectivity index (χ1) is 9.75. The predicted molar refractivity (Wildman–Crippen MR) is 75.3 cm³/mol. The molecule has 0 atom stereocenters. The fourth-order valence-electron chi connectivity index (χ4n) is 2.22. The number of carbonyl (C=O) groups excluding carboxylic acids is 2. The summed E-state index contributed by atoms with van der Waals surface area (Å²) in [4.78, 5) is 24.0. The Labute approximate surface area is 116 Å². The van der Waals surface area contributed by atoms with Crippen molar-refractivity contribution in [2.45, 2.75) is 0 Å². The van der Waals surface area contributed by atoms with Crippen molar-refractivity contribution in [3.05, 3.63) is 54.6 Å². The summed E-state index contributed by atoms with van der Waals surface area (Å²) in [5.41, 5.74) is 0. The van der Waals surface area contributed by atoms with Gasteiger partial charge in [0.05, 0.1) is 6.54 Å². The summed E-state index contributed by atoms with van der Waals surface area (Å²) in [7, 11) is 0. The average molecular weight is 267 g/mol. The van der Waals surface area contributed by atoms with Crippen LogP contribution >= 0.6 is 0 Å². The van der Waals surface area contributed by atoms with E-state index >= 15 is 0 Å². The van der Waals surface area contributed by atoms with Crippen LogP contribution in [0.4, 0.5) is 0 Å². The molecule has 1 aliphatic heterocycles. The van der Waals surface area contributed by atoms with E-state index in [4.69, 9.17) is 4.74 Å². The molecule has 2 aromatic rings. The lowest BCUT2D eigenvalue weighted by Crippen LogP contribution is -2.33. The Morgan fingerprint density at radius 2 is 1.60 bits per heavy atom. The molecule has 0 saturated heterocycles. The van der Waals surface area contributed by atoms with Crippen molar-refractivity contribution in [2.24, 2.45) is 0 Å². The molecule has 4 heteroatoms. The summed E-state index contributed by atoms with van der Waals surface area (Å²) in [5, 5.41) is 2.12. The maximum Gasteiger partial charge on any atom is 0.253 e. The van der Waals surface area contributed by atoms with Crippen molar-refractivity contribution in [1.29, 1.82) is 0 Å². The average Bonchev–Trinajstić information content (AvgIpc) is 2.79. The van der Waals surface area contributed by atoms with Crippen LogP contribution in [0.2, 0.25) is 0 Å². The van der Waals surface area contributed by atoms with E-state index in [2.05, 4.69) is 0 Å². The first kappa shape index (κ1) is 12.4. The quantitative estimate of drug-likeness (QED) is 0.797. The van der Waals surface area contributed by atoms with Crippen LogP contribution < -0.4 is 4.74 Å². The van der Waals surface area contributed by atoms with Crippen LogP contribution in [0.3, 0.4) is 0 Å². The molecule has 0 N–H and O–H groups in total. The Bertz CT molecular complexity index is 682. The van der Waals surface area contributed by atoms with Gasteiger partial charge < -0.3 is 4.74 Å². The number of amides is 2. The second-order valence-corrected chi connectivity index (χ2v) is 4.49. The summed E-state index contributed by atoms with van der Waals surface area (Å²) in [6.07, 6.45) is 2.56. The Balaban J connectivity index is 1.69. The molecule has 2 amide bonds. The van der Waals surface area contributed by atoms with Gasteiger partial charge in [0.1, 0.15) is 12.4 Å². The van der Waals surface area contributed by atoms with Crippen molar-refractivity contribution < 1.29 is 14.3 Å². The third kappa shape index (κ3) is 2.28. The third-order valence-corrected chi connectivity index (χ3v) is 3.22. The lowest BCUT2D eigenvalue weighted by Gasteiger charge is -2.15. The lowest BCUT2D eigenvalue weighted by molar-refractivity contribution is -0.137. The molecule has 1 aliphatic rings. The maximum atomic E-state index is 11.4. The molecule has 0 saturated carbocycles. The number of hydrogen-bond acceptors (Lipinski definition) is 3. The molecule has 0 aliphatic carbocycles. The maximum absolute atomic E-state index is 11.4. The van der Waals surface area contributed by atoms with Crippen molar-refractivity contribution in [3.63, 3.8) is 0 Å². The highest BCUT2D eigenvalue weighted by atomic mass is 16.5. The van der Waals surface area contributed by atoms with E-state index in [0.29, 0.717) is 0 Å². The molecule has 0 spiro atoms. The lowest BCUT2D eigenvalue weighted by atomic mass is 10.1. The first-order valence-corrected chi connectivity index (χ1v) is 6.40. The highest BCUT2D eigenvalue weighted by molar-refractivity contribution is 6.12. The van der Waals surface area contributed by atoms with Gasteiger partial charge in [-0.2, -0.15) is 0 Å². The zero-order valence-corrected chi connectivity index (χ0v) is 10.8. The summed E-state index contributed by atoms with van der Waals surface area (Å²) in [6.45, 7) is 0.543. The molecular weight excluding hydrogens is 254 g/mol. The van der Waals surface area contributed by atoms with Crippen LogP contribution in [0.25, 0.3) is 10.8 Å². The number of carbonyl (C=O) groups is 2. The minimum absolute atomic E-state index is 0.258. The zero-order valence-electron chi connectivity index (χ0n) is 10.8. The fraction of sp³-hybridized carbons (Fsp3) is 0.125. The van der Waals surface area contributed by atoms with E-state index < -0.39 is 0 Å². The number of fused-ring (bicyclic) bond motifs is 1. The van der Waals surface area contributed by atoms with Crippen LogP contribution in [0.5, 0.6) is 5.75 Å². The SMILES string of the molecule is O=C1C=CC(=O)N1CCOc1cccc2ccccc12. The van der Waals surface area contributed by atoms with Crippen LogP contribution in [0.1, 0.15) is 0 Å². The van der Waals surface area contributed by atoms with Gasteiger partial charge in [-0.05, 0) is 11.5 Å². The van der Waals surface area contributed by atoms with Crippen LogP contribution in [0.15, 0.2) is 54.6 Å². The number of hydrogen-bond donors (Lipinski definition) is 0. The van der Waals surface area contributed by atoms with Gasteiger partial charge >= 0.3 is 0 Å². The van der Waals surface area contributed by atoms with E-state index in [0.717, 1.165) is 16.5 Å². The van der Waals surface area contributed by atoms with Crippen molar-refractivity contribution in [1.82, 2.24) is 4.90 Å². The minimum Gasteiger partial charge on any atom is -0.491 e. The minimum atomic E-state index is -0.281. The second kappa shape index (κ2) is 5.17. The highest BCUT2D eigenvalue weighted by Crippen LogP contribution is 2.25. The number of benzene rings is 2. The predicted octanol–water partition coefficient (Wildman–Crippen LogP) is 2.14. The molecule has 1 heterocycles. The molecule has 100 valence electrons. The molecule has 0 unspecified atom stereocenters. The van der Waals surface area contributed by atoms with Crippen molar-refractivity contribution in [3.8, 4) is 5.75 Å². The molecule has 4 nitrogen and oxygen atoms in total. The summed E-state index contributed by atoms with van der Waals surface area (Å²) < 4.78 is 5.70. The summed E-state index contributed by atoms with van der Waals surface area (Å²) in [5.74, 6) is 0.197. The molecule has 3 rings (SSSR count). The summed E-state index contributed by atoms with van der Waals surface area (Å²) >= 11 is 0. The van der Waals surface area contributed by atoms with Crippen LogP contribution in [0, 0.1) is 0 Å². The van der Waals surface area contributed by atoms with Gasteiger partial charge in [-0.25, -0.2) is 0 Å². The third-order valence-electron chi connectivity index (χ3n) is 3.22. The Morgan fingerprint density at radius 3 is 2.40 bits per heavy atom. The molecule has 20 heavy (non-hydrogen) atoms. The molecule has 2 aromatic carbocycles. The molecule has 0 aromatic heterocycles. The largest absolute Gasteiger partial charge is 0.491 e. The van der Waals surface area contributed by atoms with E-state index in [1.165, 1.54) is 17.1 Å². The number of rotatable bonds is 4. The number of imide groups is 1. The topological polar surface area (TPSA) is 46.6 Å². The smallest absolute Gasteiger partial charge is 0.253 e. The normalized spacial score (nSPS) is 14.3. The molecule has 0 radical (unpaired) electrons. The van der Waals surface area contributed by atoms with Crippen molar-refractivity contribution in [2.75, 3.05) is 13.2 Å². The van der Waals surface area contributed by atoms with E-state index in [1.54, 1.807) is 0 Å². The second-order valence-electron chi connectivity index (χ2n) is 4.49. The fourth-order valence-corrected chi connectivity index (χ4v) is 2.22. The van der Waals surface area contributed by atoms with Crippen LogP contribution in [-0.4, -0.2) is 29.9 Å². The molecular formula is C16H13NO3.